The van der Waals surface area contributed by atoms with Crippen LogP contribution in [0.4, 0.5) is 0 Å². The molecule has 86 valence electrons. The summed E-state index contributed by atoms with van der Waals surface area (Å²) in [5.41, 5.74) is 4.89. The quantitative estimate of drug-likeness (QED) is 0.625. The van der Waals surface area contributed by atoms with Crippen molar-refractivity contribution in [2.75, 3.05) is 0 Å². The van der Waals surface area contributed by atoms with Gasteiger partial charge in [0.2, 0.25) is 5.91 Å². The van der Waals surface area contributed by atoms with Crippen LogP contribution < -0.4 is 11.1 Å². The highest BCUT2D eigenvalue weighted by Crippen LogP contribution is 2.32. The van der Waals surface area contributed by atoms with E-state index in [0.717, 1.165) is 25.7 Å². The Kier molecular flexibility index (Phi) is 3.68. The predicted molar refractivity (Wildman–Crippen MR) is 55.2 cm³/mol. The monoisotopic (exact) mass is 214 g/mol. The lowest BCUT2D eigenvalue weighted by molar-refractivity contribution is -0.139. The van der Waals surface area contributed by atoms with Crippen molar-refractivity contribution >= 4 is 11.9 Å². The number of nitrogens with two attached hydrogens (primary N) is 1. The van der Waals surface area contributed by atoms with Gasteiger partial charge in [-0.2, -0.15) is 0 Å². The summed E-state index contributed by atoms with van der Waals surface area (Å²) in [5.74, 6) is -1.14. The van der Waals surface area contributed by atoms with Gasteiger partial charge in [-0.25, -0.2) is 0 Å². The first-order chi connectivity index (χ1) is 6.95. The summed E-state index contributed by atoms with van der Waals surface area (Å²) in [5, 5.41) is 11.6. The van der Waals surface area contributed by atoms with E-state index in [0.29, 0.717) is 0 Å². The number of carbonyl (C=O) groups is 2. The fraction of sp³-hybridized carbons (Fsp3) is 0.800. The van der Waals surface area contributed by atoms with Crippen LogP contribution in [0.5, 0.6) is 0 Å². The summed E-state index contributed by atoms with van der Waals surface area (Å²) < 4.78 is 0. The second kappa shape index (κ2) is 4.61. The number of aliphatic carboxylic acids is 1. The smallest absolute Gasteiger partial charge is 0.305 e. The number of nitrogens with one attached hydrogen (secondary N) is 1. The van der Waals surface area contributed by atoms with E-state index in [1.807, 2.05) is 0 Å². The Morgan fingerprint density at radius 2 is 2.00 bits per heavy atom. The molecule has 1 aliphatic carbocycles. The second-order valence-electron chi connectivity index (χ2n) is 4.34. The maximum atomic E-state index is 11.5. The minimum absolute atomic E-state index is 0.00847. The van der Waals surface area contributed by atoms with Crippen LogP contribution in [0.2, 0.25) is 0 Å². The van der Waals surface area contributed by atoms with Crippen LogP contribution in [0.1, 0.15) is 39.0 Å². The average molecular weight is 214 g/mol. The summed E-state index contributed by atoms with van der Waals surface area (Å²) in [6.45, 7) is 1.60. The fourth-order valence-corrected chi connectivity index (χ4v) is 2.06. The summed E-state index contributed by atoms with van der Waals surface area (Å²) in [6, 6.07) is -0.587. The fourth-order valence-electron chi connectivity index (χ4n) is 2.06. The van der Waals surface area contributed by atoms with Gasteiger partial charge >= 0.3 is 5.97 Å². The van der Waals surface area contributed by atoms with Crippen LogP contribution in [0.15, 0.2) is 0 Å². The highest BCUT2D eigenvalue weighted by molar-refractivity contribution is 5.82. The van der Waals surface area contributed by atoms with Gasteiger partial charge in [-0.15, -0.1) is 0 Å². The van der Waals surface area contributed by atoms with Crippen LogP contribution in [0.25, 0.3) is 0 Å². The molecule has 5 nitrogen and oxygen atoms in total. The highest BCUT2D eigenvalue weighted by atomic mass is 16.4. The van der Waals surface area contributed by atoms with Crippen molar-refractivity contribution in [2.24, 2.45) is 5.73 Å². The largest absolute Gasteiger partial charge is 0.481 e. The van der Waals surface area contributed by atoms with Gasteiger partial charge in [-0.05, 0) is 19.8 Å². The van der Waals surface area contributed by atoms with E-state index < -0.39 is 17.6 Å². The molecule has 0 aliphatic heterocycles. The maximum absolute atomic E-state index is 11.5. The Morgan fingerprint density at radius 3 is 2.40 bits per heavy atom. The van der Waals surface area contributed by atoms with Gasteiger partial charge in [0.15, 0.2) is 0 Å². The SMILES string of the molecule is CC(N)C(=O)NC1(CC(=O)O)CCCC1. The third-order valence-corrected chi connectivity index (χ3v) is 2.85. The van der Waals surface area contributed by atoms with Crippen LogP contribution in [-0.2, 0) is 9.59 Å². The number of amides is 1. The standard InChI is InChI=1S/C10H18N2O3/c1-7(11)9(15)12-10(6-8(13)14)4-2-3-5-10/h7H,2-6,11H2,1H3,(H,12,15)(H,13,14). The molecule has 1 amide bonds. The Hall–Kier alpha value is -1.10. The van der Waals surface area contributed by atoms with Gasteiger partial charge < -0.3 is 16.2 Å². The number of carbonyl (C=O) groups excluding carboxylic acids is 1. The van der Waals surface area contributed by atoms with Crippen molar-refractivity contribution in [1.29, 1.82) is 0 Å². The number of rotatable bonds is 4. The lowest BCUT2D eigenvalue weighted by Gasteiger charge is -2.29. The third kappa shape index (κ3) is 3.20. The normalized spacial score (nSPS) is 20.9. The molecule has 4 N–H and O–H groups in total. The number of hydrogen-bond donors (Lipinski definition) is 3. The van der Waals surface area contributed by atoms with Crippen molar-refractivity contribution in [1.82, 2.24) is 5.32 Å². The van der Waals surface area contributed by atoms with E-state index in [4.69, 9.17) is 10.8 Å². The average Bonchev–Trinajstić information content (AvgIpc) is 2.51. The molecule has 0 aromatic heterocycles. The van der Waals surface area contributed by atoms with E-state index in [1.54, 1.807) is 6.92 Å². The first-order valence-electron chi connectivity index (χ1n) is 5.25. The molecule has 0 aromatic carbocycles. The topological polar surface area (TPSA) is 92.4 Å². The summed E-state index contributed by atoms with van der Waals surface area (Å²) in [4.78, 5) is 22.2. The Balaban J connectivity index is 2.65. The number of carboxylic acids is 1. The van der Waals surface area contributed by atoms with E-state index in [2.05, 4.69) is 5.32 Å². The van der Waals surface area contributed by atoms with Gasteiger partial charge in [0.25, 0.3) is 0 Å². The molecule has 1 unspecified atom stereocenters. The van der Waals surface area contributed by atoms with Crippen molar-refractivity contribution in [3.8, 4) is 0 Å². The van der Waals surface area contributed by atoms with Crippen LogP contribution in [0, 0.1) is 0 Å². The molecule has 15 heavy (non-hydrogen) atoms. The van der Waals surface area contributed by atoms with E-state index in [-0.39, 0.29) is 12.3 Å². The lowest BCUT2D eigenvalue weighted by Crippen LogP contribution is -2.52. The Bertz CT molecular complexity index is 257. The minimum Gasteiger partial charge on any atom is -0.481 e. The molecule has 0 aromatic rings. The molecule has 5 heteroatoms. The van der Waals surface area contributed by atoms with Crippen LogP contribution in [-0.4, -0.2) is 28.6 Å². The van der Waals surface area contributed by atoms with E-state index in [9.17, 15) is 9.59 Å². The minimum atomic E-state index is -0.873. The molecular formula is C10H18N2O3. The zero-order valence-corrected chi connectivity index (χ0v) is 8.95. The van der Waals surface area contributed by atoms with Gasteiger partial charge in [0.1, 0.15) is 0 Å². The third-order valence-electron chi connectivity index (χ3n) is 2.85. The van der Waals surface area contributed by atoms with Gasteiger partial charge in [0, 0.05) is 0 Å². The summed E-state index contributed by atoms with van der Waals surface area (Å²) in [6.07, 6.45) is 3.39. The Morgan fingerprint density at radius 1 is 1.47 bits per heavy atom. The van der Waals surface area contributed by atoms with Crippen molar-refractivity contribution < 1.29 is 14.7 Å². The summed E-state index contributed by atoms with van der Waals surface area (Å²) >= 11 is 0. The molecule has 0 radical (unpaired) electrons. The molecule has 0 saturated heterocycles. The predicted octanol–water partition coefficient (Wildman–Crippen LogP) is 0.237. The molecule has 1 saturated carbocycles. The van der Waals surface area contributed by atoms with Crippen LogP contribution >= 0.6 is 0 Å². The maximum Gasteiger partial charge on any atom is 0.305 e. The van der Waals surface area contributed by atoms with Crippen LogP contribution in [0.3, 0.4) is 0 Å². The highest BCUT2D eigenvalue weighted by Gasteiger charge is 2.37. The molecule has 1 fully saturated rings. The lowest BCUT2D eigenvalue weighted by atomic mass is 9.93. The number of hydrogen-bond acceptors (Lipinski definition) is 3. The molecule has 1 rings (SSSR count). The van der Waals surface area contributed by atoms with Crippen molar-refractivity contribution in [2.45, 2.75) is 50.6 Å². The van der Waals surface area contributed by atoms with E-state index in [1.165, 1.54) is 0 Å². The molecule has 1 atom stereocenters. The van der Waals surface area contributed by atoms with Gasteiger partial charge in [0.05, 0.1) is 18.0 Å². The van der Waals surface area contributed by atoms with Gasteiger partial charge in [-0.3, -0.25) is 9.59 Å². The Labute approximate surface area is 89.0 Å². The van der Waals surface area contributed by atoms with Crippen molar-refractivity contribution in [3.05, 3.63) is 0 Å². The first kappa shape index (κ1) is 12.0. The van der Waals surface area contributed by atoms with Gasteiger partial charge in [-0.1, -0.05) is 12.8 Å². The zero-order chi connectivity index (χ0) is 11.5. The zero-order valence-electron chi connectivity index (χ0n) is 8.95. The first-order valence-corrected chi connectivity index (χ1v) is 5.25. The number of carboxylic acid groups (broad SMARTS) is 1. The molecule has 0 spiro atoms. The van der Waals surface area contributed by atoms with Crippen molar-refractivity contribution in [3.63, 3.8) is 0 Å². The molecule has 1 aliphatic rings. The molecular weight excluding hydrogens is 196 g/mol. The molecule has 0 bridgehead atoms. The summed E-state index contributed by atoms with van der Waals surface area (Å²) in [7, 11) is 0. The molecule has 0 heterocycles. The second-order valence-corrected chi connectivity index (χ2v) is 4.34. The van der Waals surface area contributed by atoms with E-state index >= 15 is 0 Å².